The van der Waals surface area contributed by atoms with Crippen molar-refractivity contribution in [2.45, 2.75) is 39.7 Å². The smallest absolute Gasteiger partial charge is 0.345 e. The van der Waals surface area contributed by atoms with Gasteiger partial charge in [0.05, 0.1) is 13.2 Å². The number of rotatable bonds is 6. The third-order valence-corrected chi connectivity index (χ3v) is 2.97. The Bertz CT molecular complexity index is 410. The van der Waals surface area contributed by atoms with Crippen molar-refractivity contribution in [1.82, 2.24) is 9.78 Å². The van der Waals surface area contributed by atoms with E-state index in [0.29, 0.717) is 23.7 Å². The van der Waals surface area contributed by atoms with E-state index in [-0.39, 0.29) is 6.04 Å². The first-order valence-electron chi connectivity index (χ1n) is 6.30. The third-order valence-electron chi connectivity index (χ3n) is 2.97. The average molecular weight is 254 g/mol. The topological polar surface area (TPSA) is 82.2 Å². The minimum atomic E-state index is -0.458. The monoisotopic (exact) mass is 254 g/mol. The summed E-state index contributed by atoms with van der Waals surface area (Å²) in [5.41, 5.74) is 6.35. The Kier molecular flexibility index (Phi) is 5.00. The molecule has 0 saturated heterocycles. The van der Waals surface area contributed by atoms with Crippen molar-refractivity contribution < 1.29 is 9.53 Å². The van der Waals surface area contributed by atoms with Gasteiger partial charge in [-0.3, -0.25) is 0 Å². The van der Waals surface area contributed by atoms with Gasteiger partial charge in [-0.1, -0.05) is 13.8 Å². The molecule has 0 unspecified atom stereocenters. The van der Waals surface area contributed by atoms with Crippen molar-refractivity contribution in [3.8, 4) is 0 Å². The number of nitrogen functional groups attached to an aromatic ring is 1. The molecule has 1 rings (SSSR count). The zero-order chi connectivity index (χ0) is 13.7. The lowest BCUT2D eigenvalue weighted by atomic mass is 10.2. The second kappa shape index (κ2) is 6.28. The van der Waals surface area contributed by atoms with E-state index in [0.717, 1.165) is 12.8 Å². The fourth-order valence-corrected chi connectivity index (χ4v) is 1.95. The molecule has 3 N–H and O–H groups in total. The molecule has 0 aromatic carbocycles. The van der Waals surface area contributed by atoms with Crippen molar-refractivity contribution in [3.63, 3.8) is 0 Å². The predicted molar refractivity (Wildman–Crippen MR) is 71.8 cm³/mol. The quantitative estimate of drug-likeness (QED) is 0.759. The van der Waals surface area contributed by atoms with Gasteiger partial charge in [0.2, 0.25) is 0 Å². The van der Waals surface area contributed by atoms with E-state index in [9.17, 15) is 4.79 Å². The lowest BCUT2D eigenvalue weighted by Gasteiger charge is -2.14. The fourth-order valence-electron chi connectivity index (χ4n) is 1.95. The van der Waals surface area contributed by atoms with Crippen LogP contribution in [-0.4, -0.2) is 29.4 Å². The van der Waals surface area contributed by atoms with E-state index in [1.807, 2.05) is 6.92 Å². The maximum absolute atomic E-state index is 11.7. The third kappa shape index (κ3) is 2.57. The average Bonchev–Trinajstić information content (AvgIpc) is 2.68. The zero-order valence-electron chi connectivity index (χ0n) is 11.5. The summed E-state index contributed by atoms with van der Waals surface area (Å²) < 4.78 is 6.46. The first kappa shape index (κ1) is 14.3. The van der Waals surface area contributed by atoms with Gasteiger partial charge in [0.1, 0.15) is 11.4 Å². The largest absolute Gasteiger partial charge is 0.465 e. The van der Waals surface area contributed by atoms with Crippen LogP contribution in [0.2, 0.25) is 0 Å². The minimum Gasteiger partial charge on any atom is -0.465 e. The standard InChI is InChI=1S/C12H22N4O2/c1-5-8(6-2)16-10(13)9(12(17)18-4)11(15-16)14-7-3/h8H,5-7,13H2,1-4H3,(H,14,15). The van der Waals surface area contributed by atoms with Crippen molar-refractivity contribution in [2.75, 3.05) is 24.7 Å². The summed E-state index contributed by atoms with van der Waals surface area (Å²) in [6.07, 6.45) is 1.82. The summed E-state index contributed by atoms with van der Waals surface area (Å²) in [6.45, 7) is 6.75. The number of esters is 1. The SMILES string of the molecule is CCNc1nn(C(CC)CC)c(N)c1C(=O)OC. The number of nitrogens with zero attached hydrogens (tertiary/aromatic N) is 2. The Morgan fingerprint density at radius 1 is 1.44 bits per heavy atom. The molecule has 18 heavy (non-hydrogen) atoms. The molecular weight excluding hydrogens is 232 g/mol. The van der Waals surface area contributed by atoms with Crippen LogP contribution in [0.5, 0.6) is 0 Å². The minimum absolute atomic E-state index is 0.195. The zero-order valence-corrected chi connectivity index (χ0v) is 11.5. The Morgan fingerprint density at radius 2 is 2.06 bits per heavy atom. The Labute approximate surface area is 107 Å². The van der Waals surface area contributed by atoms with Crippen molar-refractivity contribution in [3.05, 3.63) is 5.56 Å². The van der Waals surface area contributed by atoms with E-state index in [2.05, 4.69) is 24.3 Å². The number of hydrogen-bond donors (Lipinski definition) is 2. The molecule has 0 aliphatic rings. The molecule has 0 bridgehead atoms. The van der Waals surface area contributed by atoms with Gasteiger partial charge in [-0.15, -0.1) is 0 Å². The van der Waals surface area contributed by atoms with Crippen LogP contribution < -0.4 is 11.1 Å². The van der Waals surface area contributed by atoms with Gasteiger partial charge in [0, 0.05) is 6.54 Å². The van der Waals surface area contributed by atoms with Gasteiger partial charge >= 0.3 is 5.97 Å². The van der Waals surface area contributed by atoms with Gasteiger partial charge < -0.3 is 15.8 Å². The van der Waals surface area contributed by atoms with E-state index in [1.54, 1.807) is 4.68 Å². The van der Waals surface area contributed by atoms with Crippen LogP contribution in [-0.2, 0) is 4.74 Å². The number of methoxy groups -OCH3 is 1. The molecule has 102 valence electrons. The molecule has 0 radical (unpaired) electrons. The highest BCUT2D eigenvalue weighted by molar-refractivity contribution is 5.99. The molecule has 0 amide bonds. The first-order valence-corrected chi connectivity index (χ1v) is 6.30. The lowest BCUT2D eigenvalue weighted by Crippen LogP contribution is -2.13. The van der Waals surface area contributed by atoms with Gasteiger partial charge in [-0.2, -0.15) is 5.10 Å². The normalized spacial score (nSPS) is 10.7. The van der Waals surface area contributed by atoms with Crippen molar-refractivity contribution in [2.24, 2.45) is 0 Å². The number of nitrogens with one attached hydrogen (secondary N) is 1. The molecule has 6 nitrogen and oxygen atoms in total. The maximum Gasteiger partial charge on any atom is 0.345 e. The molecular formula is C12H22N4O2. The van der Waals surface area contributed by atoms with E-state index < -0.39 is 5.97 Å². The van der Waals surface area contributed by atoms with Crippen LogP contribution in [0.25, 0.3) is 0 Å². The number of carbonyl (C=O) groups excluding carboxylic acids is 1. The van der Waals surface area contributed by atoms with E-state index in [1.165, 1.54) is 7.11 Å². The lowest BCUT2D eigenvalue weighted by molar-refractivity contribution is 0.0603. The number of nitrogens with two attached hydrogens (primary N) is 1. The van der Waals surface area contributed by atoms with Gasteiger partial charge in [0.25, 0.3) is 0 Å². The van der Waals surface area contributed by atoms with Gasteiger partial charge in [-0.05, 0) is 19.8 Å². The molecule has 6 heteroatoms. The highest BCUT2D eigenvalue weighted by atomic mass is 16.5. The second-order valence-electron chi connectivity index (χ2n) is 4.05. The molecule has 1 aromatic rings. The Hall–Kier alpha value is -1.72. The first-order chi connectivity index (χ1) is 8.60. The maximum atomic E-state index is 11.7. The van der Waals surface area contributed by atoms with Crippen LogP contribution in [0, 0.1) is 0 Å². The van der Waals surface area contributed by atoms with Crippen LogP contribution in [0.4, 0.5) is 11.6 Å². The highest BCUT2D eigenvalue weighted by Crippen LogP contribution is 2.28. The number of aromatic nitrogens is 2. The second-order valence-corrected chi connectivity index (χ2v) is 4.05. The molecule has 0 saturated carbocycles. The number of hydrogen-bond acceptors (Lipinski definition) is 5. The molecule has 0 aliphatic heterocycles. The van der Waals surface area contributed by atoms with Crippen LogP contribution >= 0.6 is 0 Å². The van der Waals surface area contributed by atoms with Crippen LogP contribution in [0.15, 0.2) is 0 Å². The van der Waals surface area contributed by atoms with E-state index >= 15 is 0 Å². The molecule has 1 heterocycles. The highest BCUT2D eigenvalue weighted by Gasteiger charge is 2.24. The number of anilines is 2. The number of ether oxygens (including phenoxy) is 1. The Balaban J connectivity index is 3.26. The molecule has 0 atom stereocenters. The van der Waals surface area contributed by atoms with Crippen LogP contribution in [0.3, 0.4) is 0 Å². The van der Waals surface area contributed by atoms with Crippen molar-refractivity contribution in [1.29, 1.82) is 0 Å². The van der Waals surface area contributed by atoms with E-state index in [4.69, 9.17) is 10.5 Å². The van der Waals surface area contributed by atoms with Crippen molar-refractivity contribution >= 4 is 17.6 Å². The summed E-state index contributed by atoms with van der Waals surface area (Å²) in [4.78, 5) is 11.7. The number of carbonyl (C=O) groups is 1. The summed E-state index contributed by atoms with van der Waals surface area (Å²) in [7, 11) is 1.34. The summed E-state index contributed by atoms with van der Waals surface area (Å²) in [5.74, 6) is 0.404. The summed E-state index contributed by atoms with van der Waals surface area (Å²) >= 11 is 0. The predicted octanol–water partition coefficient (Wildman–Crippen LogP) is 2.04. The molecule has 1 aromatic heterocycles. The summed E-state index contributed by atoms with van der Waals surface area (Å²) in [5, 5.41) is 7.43. The molecule has 0 aliphatic carbocycles. The van der Waals surface area contributed by atoms with Gasteiger partial charge in [0.15, 0.2) is 5.82 Å². The van der Waals surface area contributed by atoms with Gasteiger partial charge in [-0.25, -0.2) is 9.48 Å². The Morgan fingerprint density at radius 3 is 2.50 bits per heavy atom. The molecule has 0 fully saturated rings. The fraction of sp³-hybridized carbons (Fsp3) is 0.667. The summed E-state index contributed by atoms with van der Waals surface area (Å²) in [6, 6.07) is 0.195. The van der Waals surface area contributed by atoms with Crippen LogP contribution in [0.1, 0.15) is 50.0 Å². The molecule has 0 spiro atoms.